The van der Waals surface area contributed by atoms with Gasteiger partial charge in [0.15, 0.2) is 11.9 Å². The van der Waals surface area contributed by atoms with Crippen molar-refractivity contribution in [3.63, 3.8) is 0 Å². The molecular formula is C16H14BrFN2O4. The van der Waals surface area contributed by atoms with Crippen molar-refractivity contribution in [3.8, 4) is 5.75 Å². The number of carbonyl (C=O) groups excluding carboxylic acids is 1. The van der Waals surface area contributed by atoms with E-state index in [1.54, 1.807) is 19.1 Å². The van der Waals surface area contributed by atoms with Crippen LogP contribution in [0.3, 0.4) is 0 Å². The molecule has 0 saturated carbocycles. The van der Waals surface area contributed by atoms with E-state index in [-0.39, 0.29) is 17.1 Å². The Hall–Kier alpha value is -2.48. The van der Waals surface area contributed by atoms with Crippen molar-refractivity contribution in [3.05, 3.63) is 62.4 Å². The quantitative estimate of drug-likeness (QED) is 0.606. The van der Waals surface area contributed by atoms with E-state index >= 15 is 0 Å². The van der Waals surface area contributed by atoms with E-state index < -0.39 is 22.8 Å². The second-order valence-corrected chi connectivity index (χ2v) is 6.02. The highest BCUT2D eigenvalue weighted by atomic mass is 79.9. The number of amides is 1. The number of rotatable bonds is 5. The molecule has 0 aliphatic carbocycles. The standard InChI is InChI=1S/C16H14BrFN2O4/c1-9-3-6-15(14(7-9)20(22)23)24-10(2)16(21)19-13-5-4-11(17)8-12(13)18/h3-8,10H,1-2H3,(H,19,21)/t10-/m0/s1. The molecule has 2 aromatic rings. The molecule has 6 nitrogen and oxygen atoms in total. The van der Waals surface area contributed by atoms with E-state index in [0.29, 0.717) is 10.0 Å². The molecule has 126 valence electrons. The Bertz CT molecular complexity index is 798. The Morgan fingerprint density at radius 3 is 2.67 bits per heavy atom. The highest BCUT2D eigenvalue weighted by molar-refractivity contribution is 9.10. The van der Waals surface area contributed by atoms with Gasteiger partial charge in [-0.1, -0.05) is 22.0 Å². The van der Waals surface area contributed by atoms with Gasteiger partial charge in [0.05, 0.1) is 10.6 Å². The SMILES string of the molecule is Cc1ccc(O[C@@H](C)C(=O)Nc2ccc(Br)cc2F)c([N+](=O)[O-])c1. The number of nitro benzene ring substituents is 1. The molecule has 0 aliphatic heterocycles. The first-order chi connectivity index (χ1) is 11.3. The fourth-order valence-corrected chi connectivity index (χ4v) is 2.27. The van der Waals surface area contributed by atoms with E-state index in [0.717, 1.165) is 0 Å². The molecule has 0 bridgehead atoms. The van der Waals surface area contributed by atoms with Crippen LogP contribution in [0, 0.1) is 22.9 Å². The Labute approximate surface area is 145 Å². The highest BCUT2D eigenvalue weighted by Gasteiger charge is 2.22. The zero-order chi connectivity index (χ0) is 17.9. The molecule has 0 fully saturated rings. The Morgan fingerprint density at radius 1 is 1.33 bits per heavy atom. The van der Waals surface area contributed by atoms with Crippen LogP contribution in [0.15, 0.2) is 40.9 Å². The maximum absolute atomic E-state index is 13.7. The van der Waals surface area contributed by atoms with Crippen LogP contribution in [0.2, 0.25) is 0 Å². The topological polar surface area (TPSA) is 81.5 Å². The number of hydrogen-bond acceptors (Lipinski definition) is 4. The summed E-state index contributed by atoms with van der Waals surface area (Å²) >= 11 is 3.12. The van der Waals surface area contributed by atoms with Crippen molar-refractivity contribution in [2.75, 3.05) is 5.32 Å². The lowest BCUT2D eigenvalue weighted by Crippen LogP contribution is -2.30. The van der Waals surface area contributed by atoms with Crippen LogP contribution in [0.1, 0.15) is 12.5 Å². The number of aryl methyl sites for hydroxylation is 1. The lowest BCUT2D eigenvalue weighted by atomic mass is 10.2. The van der Waals surface area contributed by atoms with Crippen LogP contribution < -0.4 is 10.1 Å². The number of benzene rings is 2. The fourth-order valence-electron chi connectivity index (χ4n) is 1.94. The molecule has 1 amide bonds. The molecule has 2 aromatic carbocycles. The number of nitro groups is 1. The maximum atomic E-state index is 13.7. The van der Waals surface area contributed by atoms with Crippen molar-refractivity contribution in [1.82, 2.24) is 0 Å². The molecule has 0 aliphatic rings. The number of halogens is 2. The summed E-state index contributed by atoms with van der Waals surface area (Å²) in [6, 6.07) is 8.62. The van der Waals surface area contributed by atoms with Crippen LogP contribution in [-0.2, 0) is 4.79 Å². The van der Waals surface area contributed by atoms with E-state index in [9.17, 15) is 19.3 Å². The van der Waals surface area contributed by atoms with Gasteiger partial charge >= 0.3 is 5.69 Å². The molecular weight excluding hydrogens is 383 g/mol. The number of anilines is 1. The predicted molar refractivity (Wildman–Crippen MR) is 90.7 cm³/mol. The van der Waals surface area contributed by atoms with Crippen molar-refractivity contribution in [1.29, 1.82) is 0 Å². The maximum Gasteiger partial charge on any atom is 0.311 e. The number of nitrogens with one attached hydrogen (secondary N) is 1. The van der Waals surface area contributed by atoms with Crippen LogP contribution in [-0.4, -0.2) is 16.9 Å². The second-order valence-electron chi connectivity index (χ2n) is 5.10. The summed E-state index contributed by atoms with van der Waals surface area (Å²) in [7, 11) is 0. The third-order valence-corrected chi connectivity index (χ3v) is 3.67. The Balaban J connectivity index is 2.13. The van der Waals surface area contributed by atoms with Crippen molar-refractivity contribution in [2.24, 2.45) is 0 Å². The molecule has 0 spiro atoms. The van der Waals surface area contributed by atoms with Crippen molar-refractivity contribution in [2.45, 2.75) is 20.0 Å². The first-order valence-corrected chi connectivity index (χ1v) is 7.75. The van der Waals surface area contributed by atoms with Gasteiger partial charge in [-0.05, 0) is 43.7 Å². The van der Waals surface area contributed by atoms with Gasteiger partial charge in [0.2, 0.25) is 0 Å². The van der Waals surface area contributed by atoms with Gasteiger partial charge in [-0.2, -0.15) is 0 Å². The highest BCUT2D eigenvalue weighted by Crippen LogP contribution is 2.29. The molecule has 8 heteroatoms. The van der Waals surface area contributed by atoms with Gasteiger partial charge in [-0.3, -0.25) is 14.9 Å². The molecule has 2 rings (SSSR count). The van der Waals surface area contributed by atoms with Crippen LogP contribution in [0.4, 0.5) is 15.8 Å². The van der Waals surface area contributed by atoms with Gasteiger partial charge in [-0.25, -0.2) is 4.39 Å². The molecule has 0 heterocycles. The van der Waals surface area contributed by atoms with Crippen molar-refractivity contribution >= 4 is 33.2 Å². The van der Waals surface area contributed by atoms with E-state index in [1.807, 2.05) is 0 Å². The minimum Gasteiger partial charge on any atom is -0.474 e. The lowest BCUT2D eigenvalue weighted by molar-refractivity contribution is -0.386. The summed E-state index contributed by atoms with van der Waals surface area (Å²) in [4.78, 5) is 22.6. The minimum atomic E-state index is -1.05. The van der Waals surface area contributed by atoms with E-state index in [1.165, 1.54) is 31.2 Å². The normalized spacial score (nSPS) is 11.7. The zero-order valence-electron chi connectivity index (χ0n) is 12.9. The van der Waals surface area contributed by atoms with Gasteiger partial charge < -0.3 is 10.1 Å². The molecule has 0 unspecified atom stereocenters. The van der Waals surface area contributed by atoms with Gasteiger partial charge in [0.25, 0.3) is 5.91 Å². The Kier molecular flexibility index (Phi) is 5.50. The largest absolute Gasteiger partial charge is 0.474 e. The van der Waals surface area contributed by atoms with Gasteiger partial charge in [0, 0.05) is 10.5 Å². The molecule has 1 N–H and O–H groups in total. The first-order valence-electron chi connectivity index (χ1n) is 6.95. The van der Waals surface area contributed by atoms with Gasteiger partial charge in [-0.15, -0.1) is 0 Å². The summed E-state index contributed by atoms with van der Waals surface area (Å²) in [6.45, 7) is 3.14. The third kappa shape index (κ3) is 4.29. The van der Waals surface area contributed by atoms with E-state index in [4.69, 9.17) is 4.74 Å². The molecule has 0 aromatic heterocycles. The van der Waals surface area contributed by atoms with Crippen LogP contribution in [0.25, 0.3) is 0 Å². The molecule has 1 atom stereocenters. The van der Waals surface area contributed by atoms with Crippen LogP contribution >= 0.6 is 15.9 Å². The molecule has 0 saturated heterocycles. The predicted octanol–water partition coefficient (Wildman–Crippen LogP) is 4.21. The fraction of sp³-hybridized carbons (Fsp3) is 0.188. The Morgan fingerprint density at radius 2 is 2.04 bits per heavy atom. The smallest absolute Gasteiger partial charge is 0.311 e. The summed E-state index contributed by atoms with van der Waals surface area (Å²) in [5, 5.41) is 13.5. The number of carbonyl (C=O) groups is 1. The van der Waals surface area contributed by atoms with E-state index in [2.05, 4.69) is 21.2 Å². The lowest BCUT2D eigenvalue weighted by Gasteiger charge is -2.15. The number of hydrogen-bond donors (Lipinski definition) is 1. The first kappa shape index (κ1) is 17.9. The second kappa shape index (κ2) is 7.39. The minimum absolute atomic E-state index is 0.00273. The average Bonchev–Trinajstić information content (AvgIpc) is 2.51. The summed E-state index contributed by atoms with van der Waals surface area (Å²) in [5.74, 6) is -1.25. The third-order valence-electron chi connectivity index (χ3n) is 3.17. The number of nitrogens with zero attached hydrogens (tertiary/aromatic N) is 1. The molecule has 0 radical (unpaired) electrons. The van der Waals surface area contributed by atoms with Crippen LogP contribution in [0.5, 0.6) is 5.75 Å². The summed E-state index contributed by atoms with van der Waals surface area (Å²) in [5.41, 5.74) is 0.463. The molecule has 24 heavy (non-hydrogen) atoms. The zero-order valence-corrected chi connectivity index (χ0v) is 14.5. The average molecular weight is 397 g/mol. The van der Waals surface area contributed by atoms with Crippen molar-refractivity contribution < 1.29 is 18.8 Å². The summed E-state index contributed by atoms with van der Waals surface area (Å²) < 4.78 is 19.7. The van der Waals surface area contributed by atoms with Gasteiger partial charge in [0.1, 0.15) is 5.82 Å². The monoisotopic (exact) mass is 396 g/mol. The number of ether oxygens (including phenoxy) is 1. The summed E-state index contributed by atoms with van der Waals surface area (Å²) in [6.07, 6.45) is -1.05.